The topological polar surface area (TPSA) is 94.3 Å². The predicted molar refractivity (Wildman–Crippen MR) is 127 cm³/mol. The zero-order valence-corrected chi connectivity index (χ0v) is 19.6. The molecule has 3 aromatic carbocycles. The molecule has 184 valence electrons. The lowest BCUT2D eigenvalue weighted by Gasteiger charge is -2.21. The van der Waals surface area contributed by atoms with Gasteiger partial charge in [-0.2, -0.15) is 13.2 Å². The van der Waals surface area contributed by atoms with Gasteiger partial charge in [-0.15, -0.1) is 0 Å². The summed E-state index contributed by atoms with van der Waals surface area (Å²) in [5, 5.41) is 0.353. The standard InChI is InChI=1S/C24H15ClF3N3O4S/c25-15-8-2-6-12-20(15)36(32,33)31-22-23(30-17-10-4-3-9-16(17)29-22)35-21(24(26,27)28)19-13-14-7-1-5-11-18(14)34-19/h1-13,21H,(H,29,31). The highest BCUT2D eigenvalue weighted by Gasteiger charge is 2.46. The maximum atomic E-state index is 14.1. The summed E-state index contributed by atoms with van der Waals surface area (Å²) in [5.74, 6) is -1.76. The van der Waals surface area contributed by atoms with Crippen molar-refractivity contribution >= 4 is 49.4 Å². The highest BCUT2D eigenvalue weighted by atomic mass is 35.5. The largest absolute Gasteiger partial charge is 0.457 e. The van der Waals surface area contributed by atoms with Gasteiger partial charge in [-0.05, 0) is 36.4 Å². The Balaban J connectivity index is 1.61. The molecule has 0 amide bonds. The van der Waals surface area contributed by atoms with E-state index in [2.05, 4.69) is 14.7 Å². The first-order valence-electron chi connectivity index (χ1n) is 10.4. The van der Waals surface area contributed by atoms with Gasteiger partial charge >= 0.3 is 6.18 Å². The minimum Gasteiger partial charge on any atom is -0.457 e. The van der Waals surface area contributed by atoms with Crippen LogP contribution in [-0.2, 0) is 10.0 Å². The second kappa shape index (κ2) is 8.99. The fourth-order valence-electron chi connectivity index (χ4n) is 3.51. The average molecular weight is 534 g/mol. The molecule has 2 heterocycles. The number of hydrogen-bond acceptors (Lipinski definition) is 6. The molecule has 2 aromatic heterocycles. The fourth-order valence-corrected chi connectivity index (χ4v) is 5.03. The number of furan rings is 1. The summed E-state index contributed by atoms with van der Waals surface area (Å²) in [6.07, 6.45) is -7.52. The van der Waals surface area contributed by atoms with Crippen molar-refractivity contribution in [2.45, 2.75) is 17.2 Å². The number of sulfonamides is 1. The summed E-state index contributed by atoms with van der Waals surface area (Å²) in [7, 11) is -4.36. The van der Waals surface area contributed by atoms with Crippen LogP contribution in [0, 0.1) is 0 Å². The Kier molecular flexibility index (Phi) is 5.97. The van der Waals surface area contributed by atoms with Crippen molar-refractivity contribution in [3.63, 3.8) is 0 Å². The van der Waals surface area contributed by atoms with Gasteiger partial charge in [0, 0.05) is 5.39 Å². The van der Waals surface area contributed by atoms with Gasteiger partial charge in [0.25, 0.3) is 22.0 Å². The minimum atomic E-state index is -4.93. The third-order valence-electron chi connectivity index (χ3n) is 5.13. The number of benzene rings is 3. The second-order valence-electron chi connectivity index (χ2n) is 7.63. The summed E-state index contributed by atoms with van der Waals surface area (Å²) in [6, 6.07) is 19.4. The molecule has 12 heteroatoms. The third-order valence-corrected chi connectivity index (χ3v) is 6.96. The molecule has 0 saturated heterocycles. The van der Waals surface area contributed by atoms with E-state index in [0.29, 0.717) is 5.39 Å². The van der Waals surface area contributed by atoms with Crippen molar-refractivity contribution in [1.82, 2.24) is 9.97 Å². The number of rotatable bonds is 6. The Bertz CT molecular complexity index is 1660. The number of hydrogen-bond donors (Lipinski definition) is 1. The zero-order valence-electron chi connectivity index (χ0n) is 18.0. The molecule has 5 rings (SSSR count). The van der Waals surface area contributed by atoms with E-state index in [-0.39, 0.29) is 26.5 Å². The van der Waals surface area contributed by atoms with Gasteiger partial charge < -0.3 is 9.15 Å². The monoisotopic (exact) mass is 533 g/mol. The number of halogens is 4. The number of aromatic nitrogens is 2. The van der Waals surface area contributed by atoms with Crippen LogP contribution in [0.5, 0.6) is 5.88 Å². The van der Waals surface area contributed by atoms with Crippen LogP contribution in [0.15, 0.2) is 88.2 Å². The lowest BCUT2D eigenvalue weighted by molar-refractivity contribution is -0.203. The Hall–Kier alpha value is -3.83. The first-order valence-corrected chi connectivity index (χ1v) is 12.2. The summed E-state index contributed by atoms with van der Waals surface area (Å²) in [4.78, 5) is 8.00. The Labute approximate surface area is 207 Å². The van der Waals surface area contributed by atoms with Gasteiger partial charge in [-0.1, -0.05) is 54.1 Å². The lowest BCUT2D eigenvalue weighted by Crippen LogP contribution is -2.27. The van der Waals surface area contributed by atoms with Crippen LogP contribution >= 0.6 is 11.6 Å². The van der Waals surface area contributed by atoms with Crippen LogP contribution in [0.2, 0.25) is 5.02 Å². The van der Waals surface area contributed by atoms with Crippen LogP contribution in [0.4, 0.5) is 19.0 Å². The number of nitrogens with zero attached hydrogens (tertiary/aromatic N) is 2. The average Bonchev–Trinajstić information content (AvgIpc) is 3.25. The fraction of sp³-hybridized carbons (Fsp3) is 0.0833. The molecular weight excluding hydrogens is 519 g/mol. The van der Waals surface area contributed by atoms with E-state index in [9.17, 15) is 21.6 Å². The predicted octanol–water partition coefficient (Wildman–Crippen LogP) is 6.51. The van der Waals surface area contributed by atoms with E-state index in [1.165, 1.54) is 48.5 Å². The molecule has 5 aromatic rings. The molecule has 36 heavy (non-hydrogen) atoms. The smallest absolute Gasteiger partial charge is 0.432 e. The van der Waals surface area contributed by atoms with Gasteiger partial charge in [0.1, 0.15) is 10.5 Å². The van der Waals surface area contributed by atoms with Gasteiger partial charge in [-0.3, -0.25) is 4.72 Å². The Morgan fingerprint density at radius 3 is 2.25 bits per heavy atom. The van der Waals surface area contributed by atoms with Crippen molar-refractivity contribution < 1.29 is 30.7 Å². The van der Waals surface area contributed by atoms with E-state index < -0.39 is 39.8 Å². The van der Waals surface area contributed by atoms with Gasteiger partial charge in [0.05, 0.1) is 16.1 Å². The molecule has 7 nitrogen and oxygen atoms in total. The van der Waals surface area contributed by atoms with Crippen LogP contribution in [0.25, 0.3) is 22.0 Å². The zero-order chi connectivity index (χ0) is 25.5. The van der Waals surface area contributed by atoms with Gasteiger partial charge in [-0.25, -0.2) is 18.4 Å². The molecular formula is C24H15ClF3N3O4S. The number of fused-ring (bicyclic) bond motifs is 2. The van der Waals surface area contributed by atoms with E-state index in [1.807, 2.05) is 0 Å². The highest BCUT2D eigenvalue weighted by molar-refractivity contribution is 7.92. The normalized spacial score (nSPS) is 13.1. The Morgan fingerprint density at radius 2 is 1.56 bits per heavy atom. The second-order valence-corrected chi connectivity index (χ2v) is 9.69. The molecule has 0 bridgehead atoms. The third kappa shape index (κ3) is 4.67. The van der Waals surface area contributed by atoms with Crippen molar-refractivity contribution in [3.05, 3.63) is 89.6 Å². The first-order chi connectivity index (χ1) is 17.1. The highest BCUT2D eigenvalue weighted by Crippen LogP contribution is 2.40. The molecule has 0 fully saturated rings. The van der Waals surface area contributed by atoms with Crippen LogP contribution in [-0.4, -0.2) is 24.6 Å². The minimum absolute atomic E-state index is 0.0864. The van der Waals surface area contributed by atoms with E-state index in [4.69, 9.17) is 20.8 Å². The summed E-state index contributed by atoms with van der Waals surface area (Å²) < 4.78 is 81.3. The molecule has 1 N–H and O–H groups in total. The molecule has 1 atom stereocenters. The summed E-state index contributed by atoms with van der Waals surface area (Å²) in [5.41, 5.74) is 0.655. The van der Waals surface area contributed by atoms with Crippen molar-refractivity contribution in [3.8, 4) is 5.88 Å². The molecule has 0 spiro atoms. The molecule has 0 aliphatic heterocycles. The number of anilines is 1. The quantitative estimate of drug-likeness (QED) is 0.267. The maximum Gasteiger partial charge on any atom is 0.432 e. The van der Waals surface area contributed by atoms with Crippen molar-refractivity contribution in [2.24, 2.45) is 0 Å². The van der Waals surface area contributed by atoms with E-state index in [0.717, 1.165) is 0 Å². The molecule has 0 saturated carbocycles. The van der Waals surface area contributed by atoms with Crippen LogP contribution in [0.1, 0.15) is 11.9 Å². The van der Waals surface area contributed by atoms with Crippen molar-refractivity contribution in [2.75, 3.05) is 4.72 Å². The molecule has 1 unspecified atom stereocenters. The first kappa shape index (κ1) is 23.9. The maximum absolute atomic E-state index is 14.1. The van der Waals surface area contributed by atoms with E-state index >= 15 is 0 Å². The summed E-state index contributed by atoms with van der Waals surface area (Å²) >= 11 is 6.03. The molecule has 0 aliphatic carbocycles. The molecule has 0 radical (unpaired) electrons. The number of nitrogens with one attached hydrogen (secondary N) is 1. The van der Waals surface area contributed by atoms with E-state index in [1.54, 1.807) is 30.3 Å². The lowest BCUT2D eigenvalue weighted by atomic mass is 10.2. The molecule has 0 aliphatic rings. The van der Waals surface area contributed by atoms with Crippen molar-refractivity contribution in [1.29, 1.82) is 0 Å². The van der Waals surface area contributed by atoms with Gasteiger partial charge in [0.2, 0.25) is 5.82 Å². The number of ether oxygens (including phenoxy) is 1. The SMILES string of the molecule is O=S(=O)(Nc1nc2ccccc2nc1OC(c1cc2ccccc2o1)C(F)(F)F)c1ccccc1Cl. The van der Waals surface area contributed by atoms with Crippen LogP contribution in [0.3, 0.4) is 0 Å². The van der Waals surface area contributed by atoms with Gasteiger partial charge in [0.15, 0.2) is 5.76 Å². The number of para-hydroxylation sites is 3. The Morgan fingerprint density at radius 1 is 0.917 bits per heavy atom. The summed E-state index contributed by atoms with van der Waals surface area (Å²) in [6.45, 7) is 0. The van der Waals surface area contributed by atoms with Crippen LogP contribution < -0.4 is 9.46 Å². The number of alkyl halides is 3.